The Balaban J connectivity index is 1.45. The summed E-state index contributed by atoms with van der Waals surface area (Å²) in [5.74, 6) is 0.832. The Kier molecular flexibility index (Phi) is 6.83. The molecule has 2 aromatic heterocycles. The molecule has 0 radical (unpaired) electrons. The fourth-order valence-corrected chi connectivity index (χ4v) is 3.52. The third-order valence-corrected chi connectivity index (χ3v) is 5.66. The van der Waals surface area contributed by atoms with Crippen LogP contribution >= 0.6 is 39.1 Å². The van der Waals surface area contributed by atoms with Crippen molar-refractivity contribution in [1.29, 1.82) is 0 Å². The van der Waals surface area contributed by atoms with Gasteiger partial charge in [0.1, 0.15) is 23.1 Å². The zero-order chi connectivity index (χ0) is 22.7. The van der Waals surface area contributed by atoms with Crippen LogP contribution in [0.2, 0.25) is 10.0 Å². The lowest BCUT2D eigenvalue weighted by Crippen LogP contribution is -2.16. The molecule has 7 nitrogen and oxygen atoms in total. The van der Waals surface area contributed by atoms with Gasteiger partial charge in [0.2, 0.25) is 0 Å². The normalized spacial score (nSPS) is 10.9. The molecule has 4 rings (SSSR count). The van der Waals surface area contributed by atoms with Crippen molar-refractivity contribution in [3.05, 3.63) is 91.8 Å². The topological polar surface area (TPSA) is 82.2 Å². The highest BCUT2D eigenvalue weighted by atomic mass is 79.9. The number of hydrogen-bond donors (Lipinski definition) is 1. The Bertz CT molecular complexity index is 1240. The number of nitrogens with one attached hydrogen (secondary N) is 1. The number of benzene rings is 2. The summed E-state index contributed by atoms with van der Waals surface area (Å²) >= 11 is 15.6. The Morgan fingerprint density at radius 2 is 1.88 bits per heavy atom. The van der Waals surface area contributed by atoms with Crippen molar-refractivity contribution >= 4 is 50.9 Å². The Labute approximate surface area is 202 Å². The molecule has 32 heavy (non-hydrogen) atoms. The van der Waals surface area contributed by atoms with Crippen LogP contribution in [0.15, 0.2) is 63.7 Å². The van der Waals surface area contributed by atoms with Crippen LogP contribution in [0, 0.1) is 6.92 Å². The van der Waals surface area contributed by atoms with E-state index in [2.05, 4.69) is 31.5 Å². The molecule has 2 heterocycles. The summed E-state index contributed by atoms with van der Waals surface area (Å²) in [5.41, 5.74) is 1.68. The first-order chi connectivity index (χ1) is 15.4. The summed E-state index contributed by atoms with van der Waals surface area (Å²) in [6.45, 7) is 2.32. The molecular weight excluding hydrogens is 519 g/mol. The number of rotatable bonds is 7. The summed E-state index contributed by atoms with van der Waals surface area (Å²) in [4.78, 5) is 12.8. The minimum atomic E-state index is -0.493. The summed E-state index contributed by atoms with van der Waals surface area (Å²) < 4.78 is 13.6. The van der Waals surface area contributed by atoms with Crippen molar-refractivity contribution in [1.82, 2.24) is 14.9 Å². The standard InChI is InChI=1S/C22H17BrCl2N4O3/c1-13-18(12-31-17-8-6-16(24)7-9-17)20(28-32-13)22(30)26-21-19(25)11-29(27-21)10-14-2-4-15(23)5-3-14/h2-9,11H,10,12H2,1H3,(H,26,27,30). The largest absolute Gasteiger partial charge is 0.489 e. The van der Waals surface area contributed by atoms with E-state index in [0.29, 0.717) is 33.7 Å². The number of aromatic nitrogens is 3. The Morgan fingerprint density at radius 3 is 2.59 bits per heavy atom. The average molecular weight is 536 g/mol. The lowest BCUT2D eigenvalue weighted by Gasteiger charge is -2.07. The molecule has 0 aliphatic rings. The van der Waals surface area contributed by atoms with E-state index in [4.69, 9.17) is 32.5 Å². The number of ether oxygens (including phenoxy) is 1. The fraction of sp³-hybridized carbons (Fsp3) is 0.136. The van der Waals surface area contributed by atoms with Crippen LogP contribution in [0.5, 0.6) is 5.75 Å². The SMILES string of the molecule is Cc1onc(C(=O)Nc2nn(Cc3ccc(Br)cc3)cc2Cl)c1COc1ccc(Cl)cc1. The highest BCUT2D eigenvalue weighted by molar-refractivity contribution is 9.10. The van der Waals surface area contributed by atoms with Crippen molar-refractivity contribution < 1.29 is 14.1 Å². The highest BCUT2D eigenvalue weighted by Gasteiger charge is 2.22. The second kappa shape index (κ2) is 9.77. The van der Waals surface area contributed by atoms with Gasteiger partial charge >= 0.3 is 0 Å². The van der Waals surface area contributed by atoms with Crippen LogP contribution in [0.25, 0.3) is 0 Å². The van der Waals surface area contributed by atoms with Gasteiger partial charge in [-0.25, -0.2) is 0 Å². The van der Waals surface area contributed by atoms with E-state index in [0.717, 1.165) is 10.0 Å². The maximum Gasteiger partial charge on any atom is 0.279 e. The predicted octanol–water partition coefficient (Wildman–Crippen LogP) is 6.13. The summed E-state index contributed by atoms with van der Waals surface area (Å²) in [5, 5.41) is 11.9. The monoisotopic (exact) mass is 534 g/mol. The van der Waals surface area contributed by atoms with E-state index >= 15 is 0 Å². The van der Waals surface area contributed by atoms with Crippen LogP contribution in [0.1, 0.15) is 27.4 Å². The lowest BCUT2D eigenvalue weighted by atomic mass is 10.2. The van der Waals surface area contributed by atoms with Crippen molar-refractivity contribution in [2.24, 2.45) is 0 Å². The maximum absolute atomic E-state index is 12.8. The molecule has 0 spiro atoms. The van der Waals surface area contributed by atoms with E-state index < -0.39 is 5.91 Å². The number of halogens is 3. The summed E-state index contributed by atoms with van der Waals surface area (Å²) in [7, 11) is 0. The third kappa shape index (κ3) is 5.32. The van der Waals surface area contributed by atoms with E-state index in [1.54, 1.807) is 42.1 Å². The molecule has 0 saturated heterocycles. The van der Waals surface area contributed by atoms with Gasteiger partial charge in [-0.3, -0.25) is 9.48 Å². The van der Waals surface area contributed by atoms with Gasteiger partial charge in [-0.15, -0.1) is 0 Å². The van der Waals surface area contributed by atoms with Gasteiger partial charge in [-0.2, -0.15) is 5.10 Å². The van der Waals surface area contributed by atoms with Crippen LogP contribution < -0.4 is 10.1 Å². The molecule has 0 fully saturated rings. The molecule has 0 aliphatic heterocycles. The van der Waals surface area contributed by atoms with Crippen LogP contribution in [-0.2, 0) is 13.2 Å². The Morgan fingerprint density at radius 1 is 1.16 bits per heavy atom. The third-order valence-electron chi connectivity index (χ3n) is 4.60. The molecule has 164 valence electrons. The smallest absolute Gasteiger partial charge is 0.279 e. The number of nitrogens with zero attached hydrogens (tertiary/aromatic N) is 3. The van der Waals surface area contributed by atoms with Gasteiger partial charge in [0.05, 0.1) is 12.1 Å². The first kappa shape index (κ1) is 22.4. The van der Waals surface area contributed by atoms with Gasteiger partial charge < -0.3 is 14.6 Å². The molecule has 0 atom stereocenters. The molecule has 1 amide bonds. The van der Waals surface area contributed by atoms with Crippen molar-refractivity contribution in [2.45, 2.75) is 20.1 Å². The van der Waals surface area contributed by atoms with Gasteiger partial charge in [-0.05, 0) is 48.9 Å². The predicted molar refractivity (Wildman–Crippen MR) is 125 cm³/mol. The lowest BCUT2D eigenvalue weighted by molar-refractivity contribution is 0.101. The molecular formula is C22H17BrCl2N4O3. The number of aryl methyl sites for hydroxylation is 1. The van der Waals surface area contributed by atoms with E-state index in [9.17, 15) is 4.79 Å². The maximum atomic E-state index is 12.8. The molecule has 0 unspecified atom stereocenters. The van der Waals surface area contributed by atoms with E-state index in [1.165, 1.54) is 0 Å². The van der Waals surface area contributed by atoms with Crippen LogP contribution in [0.3, 0.4) is 0 Å². The number of anilines is 1. The first-order valence-corrected chi connectivity index (χ1v) is 11.1. The number of amides is 1. The fourth-order valence-electron chi connectivity index (χ4n) is 2.93. The van der Waals surface area contributed by atoms with Gasteiger partial charge in [0, 0.05) is 15.7 Å². The molecule has 0 aliphatic carbocycles. The van der Waals surface area contributed by atoms with Crippen molar-refractivity contribution in [3.8, 4) is 5.75 Å². The highest BCUT2D eigenvalue weighted by Crippen LogP contribution is 2.24. The molecule has 0 saturated carbocycles. The van der Waals surface area contributed by atoms with Gasteiger partial charge in [-0.1, -0.05) is 56.4 Å². The molecule has 0 bridgehead atoms. The average Bonchev–Trinajstić information content (AvgIpc) is 3.31. The first-order valence-electron chi connectivity index (χ1n) is 9.51. The molecule has 4 aromatic rings. The minimum Gasteiger partial charge on any atom is -0.489 e. The Hall–Kier alpha value is -2.81. The van der Waals surface area contributed by atoms with Crippen molar-refractivity contribution in [3.63, 3.8) is 0 Å². The van der Waals surface area contributed by atoms with Crippen LogP contribution in [-0.4, -0.2) is 20.8 Å². The quantitative estimate of drug-likeness (QED) is 0.308. The molecule has 10 heteroatoms. The summed E-state index contributed by atoms with van der Waals surface area (Å²) in [6.07, 6.45) is 1.65. The zero-order valence-electron chi connectivity index (χ0n) is 16.8. The second-order valence-corrected chi connectivity index (χ2v) is 8.67. The molecule has 2 aromatic carbocycles. The number of carbonyl (C=O) groups excluding carboxylic acids is 1. The summed E-state index contributed by atoms with van der Waals surface area (Å²) in [6, 6.07) is 14.8. The number of carbonyl (C=O) groups is 1. The van der Waals surface area contributed by atoms with Crippen molar-refractivity contribution in [2.75, 3.05) is 5.32 Å². The van der Waals surface area contributed by atoms with Gasteiger partial charge in [0.15, 0.2) is 11.5 Å². The van der Waals surface area contributed by atoms with E-state index in [1.807, 2.05) is 24.3 Å². The van der Waals surface area contributed by atoms with E-state index in [-0.39, 0.29) is 18.1 Å². The second-order valence-electron chi connectivity index (χ2n) is 6.91. The van der Waals surface area contributed by atoms with Gasteiger partial charge in [0.25, 0.3) is 5.91 Å². The van der Waals surface area contributed by atoms with Crippen LogP contribution in [0.4, 0.5) is 5.82 Å². The zero-order valence-corrected chi connectivity index (χ0v) is 19.9. The minimum absolute atomic E-state index is 0.103. The molecule has 1 N–H and O–H groups in total. The number of hydrogen-bond acceptors (Lipinski definition) is 5.